The zero-order chi connectivity index (χ0) is 13.0. The maximum absolute atomic E-state index is 5.90. The van der Waals surface area contributed by atoms with E-state index in [-0.39, 0.29) is 0 Å². The van der Waals surface area contributed by atoms with E-state index < -0.39 is 0 Å². The van der Waals surface area contributed by atoms with Crippen molar-refractivity contribution in [1.29, 1.82) is 0 Å². The van der Waals surface area contributed by atoms with Gasteiger partial charge in [-0.2, -0.15) is 0 Å². The largest absolute Gasteiger partial charge is 0.493 e. The van der Waals surface area contributed by atoms with Crippen molar-refractivity contribution >= 4 is 5.82 Å². The van der Waals surface area contributed by atoms with E-state index in [4.69, 9.17) is 10.5 Å². The Balaban J connectivity index is 2.20. The second kappa shape index (κ2) is 6.05. The molecule has 2 atom stereocenters. The molecule has 1 heterocycles. The van der Waals surface area contributed by atoms with E-state index in [9.17, 15) is 0 Å². The molecular weight excluding hydrogens is 226 g/mol. The van der Waals surface area contributed by atoms with Crippen LogP contribution in [0.2, 0.25) is 0 Å². The fourth-order valence-electron chi connectivity index (χ4n) is 2.94. The van der Waals surface area contributed by atoms with Crippen molar-refractivity contribution in [1.82, 2.24) is 4.98 Å². The highest BCUT2D eigenvalue weighted by Crippen LogP contribution is 2.33. The molecule has 0 bridgehead atoms. The Kier molecular flexibility index (Phi) is 4.42. The zero-order valence-corrected chi connectivity index (χ0v) is 11.3. The van der Waals surface area contributed by atoms with Gasteiger partial charge >= 0.3 is 0 Å². The quantitative estimate of drug-likeness (QED) is 0.887. The van der Waals surface area contributed by atoms with Crippen molar-refractivity contribution in [3.63, 3.8) is 0 Å². The van der Waals surface area contributed by atoms with Crippen molar-refractivity contribution < 1.29 is 4.74 Å². The summed E-state index contributed by atoms with van der Waals surface area (Å²) in [6.07, 6.45) is 6.81. The number of pyridine rings is 1. The highest BCUT2D eigenvalue weighted by atomic mass is 16.5. The van der Waals surface area contributed by atoms with Gasteiger partial charge in [0.1, 0.15) is 0 Å². The van der Waals surface area contributed by atoms with Gasteiger partial charge in [-0.15, -0.1) is 0 Å². The van der Waals surface area contributed by atoms with Crippen LogP contribution in [0.15, 0.2) is 18.3 Å². The minimum atomic E-state index is 0.479. The standard InChI is InChI=1S/C14H23N3O/c1-17(12-7-4-3-6-11(12)10-15)14-13(18-2)8-5-9-16-14/h5,8-9,11-12H,3-4,6-7,10,15H2,1-2H3. The van der Waals surface area contributed by atoms with Gasteiger partial charge in [-0.1, -0.05) is 12.8 Å². The molecule has 0 aliphatic heterocycles. The van der Waals surface area contributed by atoms with Crippen LogP contribution in [0, 0.1) is 5.92 Å². The number of methoxy groups -OCH3 is 1. The second-order valence-corrected chi connectivity index (χ2v) is 4.99. The maximum atomic E-state index is 5.90. The number of ether oxygens (including phenoxy) is 1. The van der Waals surface area contributed by atoms with Crippen molar-refractivity contribution in [2.45, 2.75) is 31.7 Å². The average molecular weight is 249 g/mol. The second-order valence-electron chi connectivity index (χ2n) is 4.99. The molecule has 2 N–H and O–H groups in total. The number of rotatable bonds is 4. The van der Waals surface area contributed by atoms with E-state index in [0.29, 0.717) is 12.0 Å². The van der Waals surface area contributed by atoms with E-state index in [1.807, 2.05) is 18.3 Å². The normalized spacial score (nSPS) is 23.7. The summed E-state index contributed by atoms with van der Waals surface area (Å²) in [7, 11) is 3.79. The molecule has 2 rings (SSSR count). The summed E-state index contributed by atoms with van der Waals surface area (Å²) in [5.74, 6) is 2.32. The number of nitrogens with two attached hydrogens (primary N) is 1. The van der Waals surface area contributed by atoms with Gasteiger partial charge in [0, 0.05) is 19.3 Å². The number of anilines is 1. The smallest absolute Gasteiger partial charge is 0.171 e. The first kappa shape index (κ1) is 13.1. The van der Waals surface area contributed by atoms with Crippen molar-refractivity contribution in [3.8, 4) is 5.75 Å². The molecule has 18 heavy (non-hydrogen) atoms. The lowest BCUT2D eigenvalue weighted by atomic mass is 9.83. The van der Waals surface area contributed by atoms with Gasteiger partial charge in [-0.05, 0) is 37.4 Å². The summed E-state index contributed by atoms with van der Waals surface area (Å²) in [6.45, 7) is 0.754. The fraction of sp³-hybridized carbons (Fsp3) is 0.643. The summed E-state index contributed by atoms with van der Waals surface area (Å²) in [5.41, 5.74) is 5.90. The Morgan fingerprint density at radius 2 is 2.22 bits per heavy atom. The first-order valence-corrected chi connectivity index (χ1v) is 6.69. The number of nitrogens with zero attached hydrogens (tertiary/aromatic N) is 2. The molecule has 4 heteroatoms. The van der Waals surface area contributed by atoms with Crippen LogP contribution < -0.4 is 15.4 Å². The topological polar surface area (TPSA) is 51.4 Å². The molecule has 0 radical (unpaired) electrons. The molecule has 0 aromatic carbocycles. The highest BCUT2D eigenvalue weighted by Gasteiger charge is 2.29. The van der Waals surface area contributed by atoms with E-state index in [0.717, 1.165) is 18.1 Å². The minimum absolute atomic E-state index is 0.479. The third-order valence-corrected chi connectivity index (χ3v) is 3.97. The lowest BCUT2D eigenvalue weighted by molar-refractivity contribution is 0.303. The summed E-state index contributed by atoms with van der Waals surface area (Å²) in [5, 5.41) is 0. The Labute approximate surface area is 109 Å². The Hall–Kier alpha value is -1.29. The molecule has 1 saturated carbocycles. The number of hydrogen-bond acceptors (Lipinski definition) is 4. The molecular formula is C14H23N3O. The zero-order valence-electron chi connectivity index (χ0n) is 11.3. The Morgan fingerprint density at radius 3 is 2.94 bits per heavy atom. The summed E-state index contributed by atoms with van der Waals surface area (Å²) in [4.78, 5) is 6.70. The first-order chi connectivity index (χ1) is 8.77. The lowest BCUT2D eigenvalue weighted by Gasteiger charge is -2.38. The third kappa shape index (κ3) is 2.58. The highest BCUT2D eigenvalue weighted by molar-refractivity contribution is 5.52. The van der Waals surface area contributed by atoms with Crippen LogP contribution in [-0.2, 0) is 0 Å². The van der Waals surface area contributed by atoms with Crippen LogP contribution >= 0.6 is 0 Å². The van der Waals surface area contributed by atoms with Crippen molar-refractivity contribution in [2.24, 2.45) is 11.7 Å². The molecule has 0 saturated heterocycles. The third-order valence-electron chi connectivity index (χ3n) is 3.97. The summed E-state index contributed by atoms with van der Waals surface area (Å²) < 4.78 is 5.39. The molecule has 0 amide bonds. The SMILES string of the molecule is COc1cccnc1N(C)C1CCCCC1CN. The van der Waals surface area contributed by atoms with Gasteiger partial charge in [0.2, 0.25) is 0 Å². The van der Waals surface area contributed by atoms with Gasteiger partial charge in [-0.25, -0.2) is 4.98 Å². The molecule has 4 nitrogen and oxygen atoms in total. The number of hydrogen-bond donors (Lipinski definition) is 1. The van der Waals surface area contributed by atoms with Crippen molar-refractivity contribution in [2.75, 3.05) is 25.6 Å². The van der Waals surface area contributed by atoms with Gasteiger partial charge < -0.3 is 15.4 Å². The molecule has 100 valence electrons. The predicted molar refractivity (Wildman–Crippen MR) is 74.0 cm³/mol. The van der Waals surface area contributed by atoms with E-state index in [1.54, 1.807) is 7.11 Å². The van der Waals surface area contributed by atoms with Gasteiger partial charge in [-0.3, -0.25) is 0 Å². The molecule has 1 aliphatic rings. The number of aromatic nitrogens is 1. The molecule has 1 aromatic heterocycles. The van der Waals surface area contributed by atoms with Crippen LogP contribution in [0.4, 0.5) is 5.82 Å². The Morgan fingerprint density at radius 1 is 1.44 bits per heavy atom. The van der Waals surface area contributed by atoms with Crippen LogP contribution in [0.1, 0.15) is 25.7 Å². The van der Waals surface area contributed by atoms with E-state index >= 15 is 0 Å². The summed E-state index contributed by atoms with van der Waals surface area (Å²) in [6, 6.07) is 4.34. The van der Waals surface area contributed by atoms with Gasteiger partial charge in [0.25, 0.3) is 0 Å². The summed E-state index contributed by atoms with van der Waals surface area (Å²) >= 11 is 0. The van der Waals surface area contributed by atoms with Gasteiger partial charge in [0.05, 0.1) is 7.11 Å². The molecule has 2 unspecified atom stereocenters. The Bertz CT molecular complexity index is 383. The molecule has 0 spiro atoms. The lowest BCUT2D eigenvalue weighted by Crippen LogP contribution is -2.43. The molecule has 1 aromatic rings. The van der Waals surface area contributed by atoms with E-state index in [1.165, 1.54) is 25.7 Å². The van der Waals surface area contributed by atoms with Crippen LogP contribution in [-0.4, -0.2) is 31.7 Å². The predicted octanol–water partition coefficient (Wildman–Crippen LogP) is 2.04. The van der Waals surface area contributed by atoms with Gasteiger partial charge in [0.15, 0.2) is 11.6 Å². The maximum Gasteiger partial charge on any atom is 0.171 e. The molecule has 1 fully saturated rings. The van der Waals surface area contributed by atoms with Crippen LogP contribution in [0.5, 0.6) is 5.75 Å². The van der Waals surface area contributed by atoms with E-state index in [2.05, 4.69) is 16.9 Å². The van der Waals surface area contributed by atoms with Crippen molar-refractivity contribution in [3.05, 3.63) is 18.3 Å². The van der Waals surface area contributed by atoms with Crippen LogP contribution in [0.3, 0.4) is 0 Å². The molecule has 1 aliphatic carbocycles. The van der Waals surface area contributed by atoms with Crippen LogP contribution in [0.25, 0.3) is 0 Å². The monoisotopic (exact) mass is 249 g/mol. The minimum Gasteiger partial charge on any atom is -0.493 e. The average Bonchev–Trinajstić information content (AvgIpc) is 2.46. The fourth-order valence-corrected chi connectivity index (χ4v) is 2.94. The first-order valence-electron chi connectivity index (χ1n) is 6.69.